The summed E-state index contributed by atoms with van der Waals surface area (Å²) in [6.45, 7) is 1.65. The number of carbonyl (C=O) groups is 4. The molecule has 30 heavy (non-hydrogen) atoms. The summed E-state index contributed by atoms with van der Waals surface area (Å²) < 4.78 is 10.4. The maximum absolute atomic E-state index is 12.6. The Bertz CT molecular complexity index is 818. The number of amides is 4. The number of nitrogens with zero attached hydrogens (tertiary/aromatic N) is 1. The molecule has 4 N–H and O–H groups in total. The molecule has 2 aliphatic rings. The van der Waals surface area contributed by atoms with Gasteiger partial charge in [0.2, 0.25) is 17.7 Å². The molecule has 11 heteroatoms. The number of anilines is 1. The number of hydrogen-bond donors (Lipinski definition) is 3. The Balaban J connectivity index is 0.00000320. The summed E-state index contributed by atoms with van der Waals surface area (Å²) in [5.74, 6) is -1.36. The molecule has 0 radical (unpaired) electrons. The minimum atomic E-state index is -0.666. The van der Waals surface area contributed by atoms with Gasteiger partial charge in [-0.05, 0) is 30.2 Å². The number of benzene rings is 1. The Labute approximate surface area is 179 Å². The zero-order chi connectivity index (χ0) is 20.8. The smallest absolute Gasteiger partial charge is 0.255 e. The number of halogens is 1. The number of ether oxygens (including phenoxy) is 2. The molecular weight excluding hydrogens is 416 g/mol. The average Bonchev–Trinajstić information content (AvgIpc) is 3.00. The molecule has 0 aromatic heterocycles. The van der Waals surface area contributed by atoms with E-state index in [1.807, 2.05) is 0 Å². The molecule has 0 bridgehead atoms. The standard InChI is InChI=1S/C19H24N4O6.ClH/c20-5-6-28-7-8-29-11-17(25)21-13-1-2-14-12(9-13)10-23(19(14)27)15-3-4-16(24)22-18(15)26;/h1-2,9,15H,3-8,10-11,20H2,(H,21,25)(H,22,24,26);1H. The van der Waals surface area contributed by atoms with Gasteiger partial charge in [-0.1, -0.05) is 0 Å². The first-order chi connectivity index (χ1) is 14.0. The van der Waals surface area contributed by atoms with Crippen LogP contribution in [-0.4, -0.2) is 67.5 Å². The summed E-state index contributed by atoms with van der Waals surface area (Å²) in [6, 6.07) is 4.30. The van der Waals surface area contributed by atoms with Crippen LogP contribution in [0.15, 0.2) is 18.2 Å². The average molecular weight is 441 g/mol. The van der Waals surface area contributed by atoms with Crippen LogP contribution in [0.25, 0.3) is 0 Å². The molecule has 1 aromatic carbocycles. The van der Waals surface area contributed by atoms with Crippen LogP contribution in [0.5, 0.6) is 0 Å². The summed E-state index contributed by atoms with van der Waals surface area (Å²) in [4.78, 5) is 49.5. The number of carbonyl (C=O) groups excluding carboxylic acids is 4. The van der Waals surface area contributed by atoms with Crippen molar-refractivity contribution in [2.45, 2.75) is 25.4 Å². The lowest BCUT2D eigenvalue weighted by atomic mass is 10.0. The molecular formula is C19H25ClN4O6. The monoisotopic (exact) mass is 440 g/mol. The van der Waals surface area contributed by atoms with E-state index in [4.69, 9.17) is 15.2 Å². The highest BCUT2D eigenvalue weighted by Crippen LogP contribution is 2.29. The van der Waals surface area contributed by atoms with Crippen LogP contribution in [0.2, 0.25) is 0 Å². The predicted molar refractivity (Wildman–Crippen MR) is 109 cm³/mol. The van der Waals surface area contributed by atoms with Crippen molar-refractivity contribution in [2.75, 3.05) is 38.3 Å². The van der Waals surface area contributed by atoms with E-state index < -0.39 is 11.9 Å². The number of nitrogens with two attached hydrogens (primary N) is 1. The van der Waals surface area contributed by atoms with Crippen LogP contribution in [0.3, 0.4) is 0 Å². The normalized spacial score (nSPS) is 18.0. The lowest BCUT2D eigenvalue weighted by molar-refractivity contribution is -0.137. The highest BCUT2D eigenvalue weighted by atomic mass is 35.5. The molecule has 164 valence electrons. The second kappa shape index (κ2) is 11.0. The first-order valence-corrected chi connectivity index (χ1v) is 9.42. The molecule has 0 spiro atoms. The Kier molecular flexibility index (Phi) is 8.72. The molecule has 3 rings (SSSR count). The number of rotatable bonds is 9. The topological polar surface area (TPSA) is 140 Å². The van der Waals surface area contributed by atoms with Gasteiger partial charge in [0.15, 0.2) is 0 Å². The molecule has 4 amide bonds. The van der Waals surface area contributed by atoms with Gasteiger partial charge in [-0.15, -0.1) is 12.4 Å². The van der Waals surface area contributed by atoms with E-state index in [1.165, 1.54) is 4.90 Å². The van der Waals surface area contributed by atoms with Crippen molar-refractivity contribution < 1.29 is 28.7 Å². The summed E-state index contributed by atoms with van der Waals surface area (Å²) >= 11 is 0. The van der Waals surface area contributed by atoms with Crippen LogP contribution in [0.1, 0.15) is 28.8 Å². The van der Waals surface area contributed by atoms with Crippen LogP contribution >= 0.6 is 12.4 Å². The third-order valence-corrected chi connectivity index (χ3v) is 4.67. The number of imide groups is 1. The zero-order valence-electron chi connectivity index (χ0n) is 16.3. The fourth-order valence-electron chi connectivity index (χ4n) is 3.32. The van der Waals surface area contributed by atoms with Crippen molar-refractivity contribution in [1.82, 2.24) is 10.2 Å². The second-order valence-corrected chi connectivity index (χ2v) is 6.77. The molecule has 1 fully saturated rings. The van der Waals surface area contributed by atoms with Gasteiger partial charge in [-0.2, -0.15) is 0 Å². The lowest BCUT2D eigenvalue weighted by Gasteiger charge is -2.29. The number of fused-ring (bicyclic) bond motifs is 1. The van der Waals surface area contributed by atoms with Gasteiger partial charge in [0.1, 0.15) is 12.6 Å². The van der Waals surface area contributed by atoms with Gasteiger partial charge in [0.25, 0.3) is 5.91 Å². The van der Waals surface area contributed by atoms with E-state index in [9.17, 15) is 19.2 Å². The molecule has 2 aliphatic heterocycles. The van der Waals surface area contributed by atoms with Gasteiger partial charge in [-0.25, -0.2) is 0 Å². The van der Waals surface area contributed by atoms with E-state index in [0.29, 0.717) is 43.0 Å². The van der Waals surface area contributed by atoms with Crippen LogP contribution < -0.4 is 16.4 Å². The molecule has 10 nitrogen and oxygen atoms in total. The molecule has 0 aliphatic carbocycles. The fourth-order valence-corrected chi connectivity index (χ4v) is 3.32. The molecule has 1 unspecified atom stereocenters. The molecule has 1 aromatic rings. The molecule has 1 atom stereocenters. The first kappa shape index (κ1) is 23.7. The van der Waals surface area contributed by atoms with Gasteiger partial charge < -0.3 is 25.4 Å². The molecule has 1 saturated heterocycles. The van der Waals surface area contributed by atoms with Crippen molar-refractivity contribution >= 4 is 41.7 Å². The third-order valence-electron chi connectivity index (χ3n) is 4.67. The summed E-state index contributed by atoms with van der Waals surface area (Å²) in [6.07, 6.45) is 0.509. The Morgan fingerprint density at radius 1 is 1.20 bits per heavy atom. The van der Waals surface area contributed by atoms with Gasteiger partial charge >= 0.3 is 0 Å². The zero-order valence-corrected chi connectivity index (χ0v) is 17.2. The molecule has 2 heterocycles. The third kappa shape index (κ3) is 5.76. The first-order valence-electron chi connectivity index (χ1n) is 9.42. The van der Waals surface area contributed by atoms with E-state index in [1.54, 1.807) is 18.2 Å². The van der Waals surface area contributed by atoms with Crippen molar-refractivity contribution in [3.63, 3.8) is 0 Å². The Morgan fingerprint density at radius 3 is 2.70 bits per heavy atom. The predicted octanol–water partition coefficient (Wildman–Crippen LogP) is -0.200. The SMILES string of the molecule is Cl.NCCOCCOCC(=O)Nc1ccc2c(c1)CN(C1CCC(=O)NC1=O)C2=O. The minimum absolute atomic E-state index is 0. The summed E-state index contributed by atoms with van der Waals surface area (Å²) in [5.41, 5.74) is 7.04. The largest absolute Gasteiger partial charge is 0.378 e. The number of nitrogens with one attached hydrogen (secondary N) is 2. The van der Waals surface area contributed by atoms with Crippen molar-refractivity contribution in [3.05, 3.63) is 29.3 Å². The summed E-state index contributed by atoms with van der Waals surface area (Å²) in [7, 11) is 0. The van der Waals surface area contributed by atoms with Crippen LogP contribution in [0.4, 0.5) is 5.69 Å². The van der Waals surface area contributed by atoms with E-state index >= 15 is 0 Å². The van der Waals surface area contributed by atoms with Crippen molar-refractivity contribution in [3.8, 4) is 0 Å². The highest BCUT2D eigenvalue weighted by molar-refractivity contribution is 6.05. The van der Waals surface area contributed by atoms with E-state index in [-0.39, 0.29) is 56.3 Å². The van der Waals surface area contributed by atoms with Crippen LogP contribution in [0, 0.1) is 0 Å². The second-order valence-electron chi connectivity index (χ2n) is 6.77. The van der Waals surface area contributed by atoms with Crippen molar-refractivity contribution in [2.24, 2.45) is 5.73 Å². The van der Waals surface area contributed by atoms with Gasteiger partial charge in [0.05, 0.1) is 19.8 Å². The Morgan fingerprint density at radius 2 is 1.97 bits per heavy atom. The Hall–Kier alpha value is -2.53. The minimum Gasteiger partial charge on any atom is -0.378 e. The quantitative estimate of drug-likeness (QED) is 0.356. The van der Waals surface area contributed by atoms with Crippen LogP contribution in [-0.2, 0) is 30.4 Å². The van der Waals surface area contributed by atoms with E-state index in [0.717, 1.165) is 0 Å². The maximum atomic E-state index is 12.6. The number of hydrogen-bond acceptors (Lipinski definition) is 7. The summed E-state index contributed by atoms with van der Waals surface area (Å²) in [5, 5.41) is 4.99. The van der Waals surface area contributed by atoms with Gasteiger partial charge in [0, 0.05) is 30.8 Å². The lowest BCUT2D eigenvalue weighted by Crippen LogP contribution is -2.52. The number of piperidine rings is 1. The fraction of sp³-hybridized carbons (Fsp3) is 0.474. The molecule has 0 saturated carbocycles. The highest BCUT2D eigenvalue weighted by Gasteiger charge is 2.39. The van der Waals surface area contributed by atoms with Gasteiger partial charge in [-0.3, -0.25) is 24.5 Å². The van der Waals surface area contributed by atoms with Crippen molar-refractivity contribution in [1.29, 1.82) is 0 Å². The van der Waals surface area contributed by atoms with E-state index in [2.05, 4.69) is 10.6 Å². The maximum Gasteiger partial charge on any atom is 0.255 e.